The van der Waals surface area contributed by atoms with Crippen molar-refractivity contribution < 1.29 is 19.7 Å². The summed E-state index contributed by atoms with van der Waals surface area (Å²) in [5.74, 6) is -1.19. The molecule has 29 heavy (non-hydrogen) atoms. The number of ketones is 1. The Balaban J connectivity index is 1.68. The number of H-pyrrole nitrogens is 1. The molecule has 0 aliphatic carbocycles. The molecule has 0 atom stereocenters. The average Bonchev–Trinajstić information content (AvgIpc) is 3.16. The highest BCUT2D eigenvalue weighted by molar-refractivity contribution is 7.18. The van der Waals surface area contributed by atoms with E-state index in [1.54, 1.807) is 26.0 Å². The van der Waals surface area contributed by atoms with E-state index in [2.05, 4.69) is 15.5 Å². The monoisotopic (exact) mass is 410 g/mol. The maximum absolute atomic E-state index is 12.4. The number of nitrogens with zero attached hydrogens (tertiary/aromatic N) is 1. The minimum absolute atomic E-state index is 0.0525. The van der Waals surface area contributed by atoms with Crippen LogP contribution < -0.4 is 10.3 Å². The third-order valence-electron chi connectivity index (χ3n) is 4.49. The smallest absolute Gasteiger partial charge is 0.338 e. The van der Waals surface area contributed by atoms with E-state index >= 15 is 0 Å². The zero-order valence-corrected chi connectivity index (χ0v) is 16.7. The minimum Gasteiger partial charge on any atom is -0.481 e. The number of nitroso groups, excluding NO2 is 1. The van der Waals surface area contributed by atoms with E-state index in [0.717, 1.165) is 16.8 Å². The molecule has 2 aromatic carbocycles. The molecule has 3 aromatic rings. The highest BCUT2D eigenvalue weighted by Crippen LogP contribution is 2.28. The van der Waals surface area contributed by atoms with Gasteiger partial charge in [0.1, 0.15) is 11.9 Å². The Labute approximate surface area is 171 Å². The van der Waals surface area contributed by atoms with Gasteiger partial charge in [0.15, 0.2) is 5.78 Å². The molecule has 8 heteroatoms. The maximum Gasteiger partial charge on any atom is 0.338 e. The van der Waals surface area contributed by atoms with Crippen LogP contribution in [0.15, 0.2) is 59.9 Å². The Morgan fingerprint density at radius 2 is 1.66 bits per heavy atom. The van der Waals surface area contributed by atoms with E-state index in [1.807, 2.05) is 36.4 Å². The number of anilines is 2. The Bertz CT molecular complexity index is 1040. The van der Waals surface area contributed by atoms with Gasteiger partial charge >= 0.3 is 11.1 Å². The van der Waals surface area contributed by atoms with E-state index < -0.39 is 11.4 Å². The third-order valence-corrected chi connectivity index (χ3v) is 5.31. The summed E-state index contributed by atoms with van der Waals surface area (Å²) < 4.78 is 0. The SMILES string of the molecule is CC(C)(CC(=O)c1ccc(-c2ccc(Nc3[nH+]cc(N=O)s3)cc2)cc1)C(=O)O. The molecule has 0 amide bonds. The molecular formula is C21H20N3O4S+. The number of hydrogen-bond donors (Lipinski definition) is 2. The van der Waals surface area contributed by atoms with Crippen molar-refractivity contribution in [3.63, 3.8) is 0 Å². The quantitative estimate of drug-likeness (QED) is 0.399. The summed E-state index contributed by atoms with van der Waals surface area (Å²) in [4.78, 5) is 37.0. The van der Waals surface area contributed by atoms with Crippen LogP contribution >= 0.6 is 11.3 Å². The second kappa shape index (κ2) is 8.32. The first kappa shape index (κ1) is 20.3. The van der Waals surface area contributed by atoms with Crippen LogP contribution in [0.5, 0.6) is 0 Å². The van der Waals surface area contributed by atoms with Gasteiger partial charge < -0.3 is 5.11 Å². The first-order valence-corrected chi connectivity index (χ1v) is 9.69. The fourth-order valence-corrected chi connectivity index (χ4v) is 3.35. The molecule has 1 aromatic heterocycles. The van der Waals surface area contributed by atoms with Crippen molar-refractivity contribution in [1.82, 2.24) is 0 Å². The van der Waals surface area contributed by atoms with Crippen molar-refractivity contribution in [1.29, 1.82) is 0 Å². The van der Waals surface area contributed by atoms with Crippen LogP contribution in [0.3, 0.4) is 0 Å². The number of hydrogen-bond acceptors (Lipinski definition) is 6. The first-order valence-electron chi connectivity index (χ1n) is 8.87. The minimum atomic E-state index is -1.10. The van der Waals surface area contributed by atoms with Crippen molar-refractivity contribution >= 4 is 38.9 Å². The van der Waals surface area contributed by atoms with Crippen molar-refractivity contribution in [3.8, 4) is 11.1 Å². The lowest BCUT2D eigenvalue weighted by atomic mass is 9.85. The fourth-order valence-electron chi connectivity index (χ4n) is 2.70. The molecule has 0 saturated carbocycles. The van der Waals surface area contributed by atoms with Gasteiger partial charge in [-0.15, -0.1) is 4.91 Å². The Morgan fingerprint density at radius 1 is 1.07 bits per heavy atom. The summed E-state index contributed by atoms with van der Waals surface area (Å²) in [6.07, 6.45) is 1.48. The van der Waals surface area contributed by atoms with Gasteiger partial charge in [0.05, 0.1) is 5.41 Å². The maximum atomic E-state index is 12.4. The molecule has 3 N–H and O–H groups in total. The van der Waals surface area contributed by atoms with Gasteiger partial charge in [0.25, 0.3) is 0 Å². The molecule has 1 heterocycles. The van der Waals surface area contributed by atoms with Crippen LogP contribution in [-0.4, -0.2) is 16.9 Å². The molecule has 0 bridgehead atoms. The van der Waals surface area contributed by atoms with Crippen LogP contribution in [0, 0.1) is 10.3 Å². The molecule has 0 aliphatic heterocycles. The first-order chi connectivity index (χ1) is 13.8. The predicted octanol–water partition coefficient (Wildman–Crippen LogP) is 5.05. The van der Waals surface area contributed by atoms with Gasteiger partial charge in [-0.3, -0.25) is 9.59 Å². The molecular weight excluding hydrogens is 390 g/mol. The van der Waals surface area contributed by atoms with Gasteiger partial charge in [-0.25, -0.2) is 10.3 Å². The average molecular weight is 410 g/mol. The predicted molar refractivity (Wildman–Crippen MR) is 112 cm³/mol. The normalized spacial score (nSPS) is 11.1. The highest BCUT2D eigenvalue weighted by atomic mass is 32.1. The topological polar surface area (TPSA) is 110 Å². The van der Waals surface area contributed by atoms with Crippen LogP contribution in [0.4, 0.5) is 15.8 Å². The number of carbonyl (C=O) groups excluding carboxylic acids is 1. The Morgan fingerprint density at radius 3 is 2.17 bits per heavy atom. The lowest BCUT2D eigenvalue weighted by molar-refractivity contribution is -0.353. The zero-order valence-electron chi connectivity index (χ0n) is 15.9. The number of carboxylic acid groups (broad SMARTS) is 1. The number of Topliss-reactive ketones (excluding diaryl/α,β-unsaturated/α-hetero) is 1. The van der Waals surface area contributed by atoms with Gasteiger partial charge in [-0.05, 0) is 53.6 Å². The molecule has 0 saturated heterocycles. The fraction of sp³-hybridized carbons (Fsp3) is 0.190. The Hall–Kier alpha value is -3.39. The standard InChI is InChI=1S/C21H19N3O4S/c1-21(2,19(26)27)11-17(25)15-5-3-13(4-6-15)14-7-9-16(10-8-14)23-20-22-12-18(24-28)29-20/h3-10,12H,11H2,1-2H3,(H,22,23)(H,26,27)/p+1. The van der Waals surface area contributed by atoms with Crippen molar-refractivity contribution in [3.05, 3.63) is 65.2 Å². The van der Waals surface area contributed by atoms with Gasteiger partial charge in [0, 0.05) is 12.0 Å². The molecule has 0 fully saturated rings. The summed E-state index contributed by atoms with van der Waals surface area (Å²) in [5.41, 5.74) is 2.17. The van der Waals surface area contributed by atoms with Crippen molar-refractivity contribution in [2.24, 2.45) is 10.6 Å². The molecule has 0 spiro atoms. The number of thiazole rings is 1. The summed E-state index contributed by atoms with van der Waals surface area (Å²) in [6, 6.07) is 14.8. The van der Waals surface area contributed by atoms with Crippen LogP contribution in [0.2, 0.25) is 0 Å². The number of nitrogens with one attached hydrogen (secondary N) is 2. The number of aromatic nitrogens is 1. The van der Waals surface area contributed by atoms with E-state index in [9.17, 15) is 19.6 Å². The zero-order chi connectivity index (χ0) is 21.0. The summed E-state index contributed by atoms with van der Waals surface area (Å²) >= 11 is 1.22. The molecule has 0 unspecified atom stereocenters. The second-order valence-corrected chi connectivity index (χ2v) is 8.25. The molecule has 148 valence electrons. The largest absolute Gasteiger partial charge is 0.481 e. The van der Waals surface area contributed by atoms with Crippen LogP contribution in [0.1, 0.15) is 30.6 Å². The molecule has 7 nitrogen and oxygen atoms in total. The van der Waals surface area contributed by atoms with E-state index in [0.29, 0.717) is 15.7 Å². The van der Waals surface area contributed by atoms with Crippen molar-refractivity contribution in [2.45, 2.75) is 20.3 Å². The van der Waals surface area contributed by atoms with Gasteiger partial charge in [-0.2, -0.15) is 0 Å². The summed E-state index contributed by atoms with van der Waals surface area (Å²) in [7, 11) is 0. The second-order valence-electron chi connectivity index (χ2n) is 7.22. The lowest BCUT2D eigenvalue weighted by Crippen LogP contribution is -2.26. The lowest BCUT2D eigenvalue weighted by Gasteiger charge is -2.17. The number of rotatable bonds is 8. The highest BCUT2D eigenvalue weighted by Gasteiger charge is 2.30. The van der Waals surface area contributed by atoms with Gasteiger partial charge in [0.2, 0.25) is 5.00 Å². The van der Waals surface area contributed by atoms with Gasteiger partial charge in [-0.1, -0.05) is 36.4 Å². The molecule has 3 rings (SSSR count). The van der Waals surface area contributed by atoms with Crippen molar-refractivity contribution in [2.75, 3.05) is 5.32 Å². The summed E-state index contributed by atoms with van der Waals surface area (Å²) in [5, 5.41) is 16.3. The van der Waals surface area contributed by atoms with Crippen LogP contribution in [0.25, 0.3) is 11.1 Å². The summed E-state index contributed by atoms with van der Waals surface area (Å²) in [6.45, 7) is 3.09. The molecule has 0 radical (unpaired) electrons. The number of aliphatic carboxylic acids is 1. The molecule has 0 aliphatic rings. The Kier molecular flexibility index (Phi) is 5.84. The number of carbonyl (C=O) groups is 2. The number of carboxylic acids is 1. The number of benzene rings is 2. The van der Waals surface area contributed by atoms with Crippen LogP contribution in [-0.2, 0) is 4.79 Å². The third kappa shape index (κ3) is 4.91. The van der Waals surface area contributed by atoms with E-state index in [4.69, 9.17) is 0 Å². The van der Waals surface area contributed by atoms with E-state index in [1.165, 1.54) is 17.5 Å². The van der Waals surface area contributed by atoms with E-state index in [-0.39, 0.29) is 12.2 Å². The number of aromatic amines is 1.